The SMILES string of the molecule is CCOC(=O)C1(c2ccc(-c3ccc(-c4onc(C)c4CN(C)C(=O)Cc4ccccc4)cc3)cc2)CC1. The monoisotopic (exact) mass is 508 g/mol. The Kier molecular flexibility index (Phi) is 7.14. The van der Waals surface area contributed by atoms with Gasteiger partial charge in [0, 0.05) is 18.2 Å². The molecule has 0 aliphatic heterocycles. The Morgan fingerprint density at radius 1 is 0.921 bits per heavy atom. The molecule has 0 saturated heterocycles. The van der Waals surface area contributed by atoms with Gasteiger partial charge in [0.1, 0.15) is 0 Å². The molecule has 4 aromatic rings. The van der Waals surface area contributed by atoms with E-state index < -0.39 is 5.41 Å². The average Bonchev–Trinajstić information content (AvgIpc) is 3.68. The van der Waals surface area contributed by atoms with E-state index in [0.717, 1.165) is 51.9 Å². The third-order valence-corrected chi connectivity index (χ3v) is 7.34. The molecule has 0 bridgehead atoms. The van der Waals surface area contributed by atoms with Crippen molar-refractivity contribution in [2.45, 2.75) is 45.1 Å². The van der Waals surface area contributed by atoms with E-state index in [9.17, 15) is 9.59 Å². The summed E-state index contributed by atoms with van der Waals surface area (Å²) in [5, 5.41) is 4.19. The van der Waals surface area contributed by atoms with Crippen molar-refractivity contribution in [1.82, 2.24) is 10.1 Å². The summed E-state index contributed by atoms with van der Waals surface area (Å²) in [5.41, 5.74) is 6.26. The van der Waals surface area contributed by atoms with Crippen molar-refractivity contribution in [3.05, 3.63) is 101 Å². The first kappa shape index (κ1) is 25.5. The van der Waals surface area contributed by atoms with Crippen LogP contribution in [0.1, 0.15) is 42.1 Å². The van der Waals surface area contributed by atoms with Gasteiger partial charge in [0.2, 0.25) is 5.91 Å². The van der Waals surface area contributed by atoms with E-state index in [4.69, 9.17) is 9.26 Å². The van der Waals surface area contributed by atoms with Gasteiger partial charge in [-0.15, -0.1) is 0 Å². The van der Waals surface area contributed by atoms with E-state index in [-0.39, 0.29) is 11.9 Å². The fourth-order valence-corrected chi connectivity index (χ4v) is 4.83. The number of carbonyl (C=O) groups is 2. The lowest BCUT2D eigenvalue weighted by Gasteiger charge is -2.17. The van der Waals surface area contributed by atoms with Gasteiger partial charge in [-0.3, -0.25) is 9.59 Å². The molecule has 1 saturated carbocycles. The van der Waals surface area contributed by atoms with Gasteiger partial charge in [-0.05, 0) is 48.9 Å². The number of likely N-dealkylation sites (N-methyl/N-ethyl adjacent to an activating group) is 1. The topological polar surface area (TPSA) is 72.6 Å². The smallest absolute Gasteiger partial charge is 0.316 e. The number of aromatic nitrogens is 1. The Morgan fingerprint density at radius 2 is 1.53 bits per heavy atom. The van der Waals surface area contributed by atoms with Crippen LogP contribution in [0.25, 0.3) is 22.5 Å². The van der Waals surface area contributed by atoms with Crippen LogP contribution < -0.4 is 0 Å². The standard InChI is InChI=1S/C32H32N2O4/c1-4-37-31(36)32(18-19-32)27-16-14-25(15-17-27)24-10-12-26(13-11-24)30-28(22(2)33-38-30)21-34(3)29(35)20-23-8-6-5-7-9-23/h5-17H,4,18-21H2,1-3H3. The van der Waals surface area contributed by atoms with Crippen molar-refractivity contribution >= 4 is 11.9 Å². The maximum absolute atomic E-state index is 12.8. The van der Waals surface area contributed by atoms with Gasteiger partial charge in [0.15, 0.2) is 5.76 Å². The molecule has 0 N–H and O–H groups in total. The van der Waals surface area contributed by atoms with E-state index in [0.29, 0.717) is 25.3 Å². The second-order valence-corrected chi connectivity index (χ2v) is 9.95. The second-order valence-electron chi connectivity index (χ2n) is 9.95. The lowest BCUT2D eigenvalue weighted by atomic mass is 9.93. The van der Waals surface area contributed by atoms with Crippen LogP contribution in [0, 0.1) is 6.92 Å². The highest BCUT2D eigenvalue weighted by Crippen LogP contribution is 2.49. The van der Waals surface area contributed by atoms with E-state index in [1.165, 1.54) is 0 Å². The molecule has 1 aliphatic rings. The zero-order chi connectivity index (χ0) is 26.7. The number of amides is 1. The number of ether oxygens (including phenoxy) is 1. The Balaban J connectivity index is 1.29. The van der Waals surface area contributed by atoms with Crippen LogP contribution in [0.4, 0.5) is 0 Å². The van der Waals surface area contributed by atoms with Crippen LogP contribution in [0.15, 0.2) is 83.4 Å². The van der Waals surface area contributed by atoms with Gasteiger partial charge in [-0.2, -0.15) is 0 Å². The Hall–Kier alpha value is -4.19. The predicted octanol–water partition coefficient (Wildman–Crippen LogP) is 6.11. The van der Waals surface area contributed by atoms with Gasteiger partial charge in [-0.1, -0.05) is 84.0 Å². The molecule has 1 aliphatic carbocycles. The van der Waals surface area contributed by atoms with Crippen molar-refractivity contribution in [1.29, 1.82) is 0 Å². The molecule has 194 valence electrons. The Bertz CT molecular complexity index is 1420. The maximum Gasteiger partial charge on any atom is 0.316 e. The number of hydrogen-bond acceptors (Lipinski definition) is 5. The maximum atomic E-state index is 12.8. The zero-order valence-electron chi connectivity index (χ0n) is 22.1. The molecular weight excluding hydrogens is 476 g/mol. The third-order valence-electron chi connectivity index (χ3n) is 7.34. The molecule has 1 fully saturated rings. The largest absolute Gasteiger partial charge is 0.465 e. The average molecular weight is 509 g/mol. The lowest BCUT2D eigenvalue weighted by Crippen LogP contribution is -2.28. The van der Waals surface area contributed by atoms with Gasteiger partial charge in [0.05, 0.1) is 30.7 Å². The summed E-state index contributed by atoms with van der Waals surface area (Å²) in [7, 11) is 1.81. The number of nitrogens with zero attached hydrogens (tertiary/aromatic N) is 2. The van der Waals surface area contributed by atoms with Crippen LogP contribution >= 0.6 is 0 Å². The van der Waals surface area contributed by atoms with Crippen LogP contribution in [-0.2, 0) is 32.7 Å². The third kappa shape index (κ3) is 5.12. The van der Waals surface area contributed by atoms with Crippen LogP contribution in [0.2, 0.25) is 0 Å². The molecule has 3 aromatic carbocycles. The molecule has 0 unspecified atom stereocenters. The summed E-state index contributed by atoms with van der Waals surface area (Å²) in [6.45, 7) is 4.56. The molecule has 0 radical (unpaired) electrons. The molecule has 1 amide bonds. The molecule has 1 aromatic heterocycles. The first-order valence-electron chi connectivity index (χ1n) is 13.0. The predicted molar refractivity (Wildman–Crippen MR) is 146 cm³/mol. The van der Waals surface area contributed by atoms with E-state index in [1.807, 2.05) is 75.5 Å². The fourth-order valence-electron chi connectivity index (χ4n) is 4.83. The molecule has 6 heteroatoms. The van der Waals surface area contributed by atoms with E-state index in [2.05, 4.69) is 29.4 Å². The summed E-state index contributed by atoms with van der Waals surface area (Å²) in [4.78, 5) is 26.9. The second kappa shape index (κ2) is 10.7. The van der Waals surface area contributed by atoms with E-state index in [1.54, 1.807) is 4.90 Å². The highest BCUT2D eigenvalue weighted by molar-refractivity contribution is 5.87. The molecule has 5 rings (SSSR count). The molecular formula is C32H32N2O4. The molecule has 0 spiro atoms. The fraction of sp³-hybridized carbons (Fsp3) is 0.281. The van der Waals surface area contributed by atoms with Crippen molar-refractivity contribution in [2.24, 2.45) is 0 Å². The van der Waals surface area contributed by atoms with Crippen LogP contribution in [0.3, 0.4) is 0 Å². The first-order valence-corrected chi connectivity index (χ1v) is 13.0. The number of benzene rings is 3. The van der Waals surface area contributed by atoms with Gasteiger partial charge in [0.25, 0.3) is 0 Å². The number of aryl methyl sites for hydroxylation is 1. The number of rotatable bonds is 9. The quantitative estimate of drug-likeness (QED) is 0.255. The minimum atomic E-state index is -0.464. The minimum absolute atomic E-state index is 0.0393. The zero-order valence-corrected chi connectivity index (χ0v) is 22.1. The number of hydrogen-bond donors (Lipinski definition) is 0. The number of esters is 1. The summed E-state index contributed by atoms with van der Waals surface area (Å²) in [5.74, 6) is 0.592. The first-order chi connectivity index (χ1) is 18.4. The summed E-state index contributed by atoms with van der Waals surface area (Å²) >= 11 is 0. The van der Waals surface area contributed by atoms with E-state index >= 15 is 0 Å². The normalized spacial score (nSPS) is 13.7. The van der Waals surface area contributed by atoms with Gasteiger partial charge >= 0.3 is 5.97 Å². The summed E-state index contributed by atoms with van der Waals surface area (Å²) < 4.78 is 11.0. The van der Waals surface area contributed by atoms with Crippen molar-refractivity contribution < 1.29 is 18.8 Å². The Labute approximate surface area is 223 Å². The Morgan fingerprint density at radius 3 is 2.13 bits per heavy atom. The highest BCUT2D eigenvalue weighted by Gasteiger charge is 2.52. The summed E-state index contributed by atoms with van der Waals surface area (Å²) in [6, 6.07) is 26.1. The minimum Gasteiger partial charge on any atom is -0.465 e. The van der Waals surface area contributed by atoms with Crippen LogP contribution in [-0.4, -0.2) is 35.6 Å². The molecule has 0 atom stereocenters. The summed E-state index contributed by atoms with van der Waals surface area (Å²) in [6.07, 6.45) is 2.03. The molecule has 38 heavy (non-hydrogen) atoms. The molecule has 1 heterocycles. The lowest BCUT2D eigenvalue weighted by molar-refractivity contribution is -0.146. The van der Waals surface area contributed by atoms with Crippen molar-refractivity contribution in [3.8, 4) is 22.5 Å². The van der Waals surface area contributed by atoms with Gasteiger partial charge in [-0.25, -0.2) is 0 Å². The molecule has 6 nitrogen and oxygen atoms in total. The highest BCUT2D eigenvalue weighted by atomic mass is 16.5. The van der Waals surface area contributed by atoms with Crippen LogP contribution in [0.5, 0.6) is 0 Å². The number of carbonyl (C=O) groups excluding carboxylic acids is 2. The van der Waals surface area contributed by atoms with Crippen molar-refractivity contribution in [3.63, 3.8) is 0 Å². The van der Waals surface area contributed by atoms with Gasteiger partial charge < -0.3 is 14.2 Å². The van der Waals surface area contributed by atoms with Crippen molar-refractivity contribution in [2.75, 3.05) is 13.7 Å².